The minimum absolute atomic E-state index is 0.0751. The zero-order chi connectivity index (χ0) is 8.27. The molecule has 0 radical (unpaired) electrons. The highest BCUT2D eigenvalue weighted by molar-refractivity contribution is 5.72. The summed E-state index contributed by atoms with van der Waals surface area (Å²) in [4.78, 5) is 14.2. The van der Waals surface area contributed by atoms with Gasteiger partial charge in [-0.2, -0.15) is 0 Å². The van der Waals surface area contributed by atoms with E-state index in [4.69, 9.17) is 10.8 Å². The van der Waals surface area contributed by atoms with Crippen LogP contribution in [0.1, 0.15) is 6.04 Å². The topological polar surface area (TPSA) is 81.1 Å². The summed E-state index contributed by atoms with van der Waals surface area (Å²) in [7, 11) is 0. The number of nitrogens with two attached hydrogens (primary N) is 1. The van der Waals surface area contributed by atoms with Gasteiger partial charge in [0.05, 0.1) is 6.33 Å². The Morgan fingerprint density at radius 2 is 2.55 bits per heavy atom. The molecule has 11 heavy (non-hydrogen) atoms. The van der Waals surface area contributed by atoms with Crippen molar-refractivity contribution in [1.29, 1.82) is 0 Å². The molecule has 0 aromatic carbocycles. The number of carboxylic acid groups (broad SMARTS) is 1. The van der Waals surface area contributed by atoms with Crippen LogP contribution in [0.15, 0.2) is 18.7 Å². The average molecular weight is 155 g/mol. The smallest absolute Gasteiger partial charge is 0.328 e. The summed E-state index contributed by atoms with van der Waals surface area (Å²) in [6.45, 7) is 0.0751. The maximum absolute atomic E-state index is 10.5. The summed E-state index contributed by atoms with van der Waals surface area (Å²) >= 11 is 0. The van der Waals surface area contributed by atoms with Crippen molar-refractivity contribution in [2.45, 2.75) is 6.04 Å². The third-order valence-corrected chi connectivity index (χ3v) is 1.39. The van der Waals surface area contributed by atoms with Gasteiger partial charge in [0, 0.05) is 18.9 Å². The highest BCUT2D eigenvalue weighted by atomic mass is 16.4. The van der Waals surface area contributed by atoms with Crippen LogP contribution >= 0.6 is 0 Å². The van der Waals surface area contributed by atoms with Gasteiger partial charge in [-0.15, -0.1) is 0 Å². The second-order valence-corrected chi connectivity index (χ2v) is 2.10. The molecule has 0 aliphatic rings. The Morgan fingerprint density at radius 1 is 1.82 bits per heavy atom. The van der Waals surface area contributed by atoms with Crippen LogP contribution in [0.4, 0.5) is 0 Å². The summed E-state index contributed by atoms with van der Waals surface area (Å²) in [6.07, 6.45) is 4.53. The molecule has 0 fully saturated rings. The van der Waals surface area contributed by atoms with E-state index in [-0.39, 0.29) is 6.54 Å². The molecule has 60 valence electrons. The fraction of sp³-hybridized carbons (Fsp3) is 0.333. The Kier molecular flexibility index (Phi) is 2.22. The number of aromatic nitrogens is 2. The number of rotatable bonds is 3. The van der Waals surface area contributed by atoms with E-state index in [1.165, 1.54) is 17.1 Å². The molecule has 5 heteroatoms. The van der Waals surface area contributed by atoms with Crippen LogP contribution in [0.3, 0.4) is 0 Å². The van der Waals surface area contributed by atoms with Gasteiger partial charge in [0.1, 0.15) is 6.04 Å². The summed E-state index contributed by atoms with van der Waals surface area (Å²) in [5, 5.41) is 8.62. The van der Waals surface area contributed by atoms with E-state index in [0.29, 0.717) is 0 Å². The lowest BCUT2D eigenvalue weighted by atomic mass is 10.3. The molecular weight excluding hydrogens is 146 g/mol. The maximum Gasteiger partial charge on any atom is 0.328 e. The monoisotopic (exact) mass is 155 g/mol. The number of nitrogens with zero attached hydrogens (tertiary/aromatic N) is 2. The molecule has 1 heterocycles. The first-order valence-corrected chi connectivity index (χ1v) is 3.16. The number of carbonyl (C=O) groups is 1. The second kappa shape index (κ2) is 3.16. The minimum atomic E-state index is -0.939. The molecule has 1 aromatic heterocycles. The van der Waals surface area contributed by atoms with Crippen molar-refractivity contribution in [3.8, 4) is 0 Å². The van der Waals surface area contributed by atoms with Crippen LogP contribution in [0.5, 0.6) is 0 Å². The van der Waals surface area contributed by atoms with Gasteiger partial charge in [0.25, 0.3) is 0 Å². The standard InChI is InChI=1S/C6H9N3O2/c7-3-5(6(10)11)9-2-1-8-4-9/h1-2,4-5H,3,7H2,(H,10,11). The van der Waals surface area contributed by atoms with Gasteiger partial charge in [-0.1, -0.05) is 0 Å². The Morgan fingerprint density at radius 3 is 2.91 bits per heavy atom. The molecule has 1 atom stereocenters. The molecular formula is C6H9N3O2. The van der Waals surface area contributed by atoms with E-state index < -0.39 is 12.0 Å². The zero-order valence-electron chi connectivity index (χ0n) is 5.84. The van der Waals surface area contributed by atoms with E-state index in [0.717, 1.165) is 0 Å². The molecule has 0 bridgehead atoms. The van der Waals surface area contributed by atoms with Crippen LogP contribution in [-0.4, -0.2) is 27.2 Å². The quantitative estimate of drug-likeness (QED) is 0.614. The normalized spacial score (nSPS) is 12.8. The lowest BCUT2D eigenvalue weighted by molar-refractivity contribution is -0.140. The molecule has 0 saturated heterocycles. The van der Waals surface area contributed by atoms with Gasteiger partial charge in [-0.3, -0.25) is 0 Å². The van der Waals surface area contributed by atoms with Crippen molar-refractivity contribution >= 4 is 5.97 Å². The molecule has 0 aliphatic carbocycles. The fourth-order valence-electron chi connectivity index (χ4n) is 0.804. The third-order valence-electron chi connectivity index (χ3n) is 1.39. The molecule has 0 amide bonds. The highest BCUT2D eigenvalue weighted by Gasteiger charge is 2.15. The number of carboxylic acids is 1. The molecule has 1 aromatic rings. The Bertz CT molecular complexity index is 232. The minimum Gasteiger partial charge on any atom is -0.480 e. The van der Waals surface area contributed by atoms with Crippen molar-refractivity contribution in [2.24, 2.45) is 5.73 Å². The van der Waals surface area contributed by atoms with Crippen LogP contribution in [0.2, 0.25) is 0 Å². The predicted molar refractivity (Wildman–Crippen MR) is 38.0 cm³/mol. The van der Waals surface area contributed by atoms with Crippen LogP contribution < -0.4 is 5.73 Å². The van der Waals surface area contributed by atoms with Gasteiger partial charge in [-0.25, -0.2) is 9.78 Å². The summed E-state index contributed by atoms with van der Waals surface area (Å²) in [5.41, 5.74) is 5.24. The number of imidazole rings is 1. The second-order valence-electron chi connectivity index (χ2n) is 2.10. The van der Waals surface area contributed by atoms with Gasteiger partial charge in [0.15, 0.2) is 0 Å². The SMILES string of the molecule is NCC(C(=O)O)n1ccnc1. The predicted octanol–water partition coefficient (Wildman–Crippen LogP) is -0.533. The van der Waals surface area contributed by atoms with Crippen LogP contribution in [-0.2, 0) is 4.79 Å². The maximum atomic E-state index is 10.5. The molecule has 1 rings (SSSR count). The Labute approximate surface area is 63.5 Å². The van der Waals surface area contributed by atoms with Crippen molar-refractivity contribution in [3.05, 3.63) is 18.7 Å². The first kappa shape index (κ1) is 7.74. The van der Waals surface area contributed by atoms with Crippen molar-refractivity contribution < 1.29 is 9.90 Å². The lowest BCUT2D eigenvalue weighted by Crippen LogP contribution is -2.25. The van der Waals surface area contributed by atoms with Gasteiger partial charge < -0.3 is 15.4 Å². The first-order valence-electron chi connectivity index (χ1n) is 3.16. The van der Waals surface area contributed by atoms with E-state index in [1.54, 1.807) is 6.20 Å². The highest BCUT2D eigenvalue weighted by Crippen LogP contribution is 2.02. The lowest BCUT2D eigenvalue weighted by Gasteiger charge is -2.09. The molecule has 0 aliphatic heterocycles. The van der Waals surface area contributed by atoms with Crippen LogP contribution in [0, 0.1) is 0 Å². The number of hydrogen-bond acceptors (Lipinski definition) is 3. The Hall–Kier alpha value is -1.36. The Balaban J connectivity index is 2.79. The largest absolute Gasteiger partial charge is 0.480 e. The van der Waals surface area contributed by atoms with Gasteiger partial charge in [0.2, 0.25) is 0 Å². The first-order chi connectivity index (χ1) is 5.25. The fourth-order valence-corrected chi connectivity index (χ4v) is 0.804. The molecule has 0 saturated carbocycles. The van der Waals surface area contributed by atoms with Gasteiger partial charge in [-0.05, 0) is 0 Å². The van der Waals surface area contributed by atoms with E-state index in [1.807, 2.05) is 0 Å². The van der Waals surface area contributed by atoms with Crippen molar-refractivity contribution in [3.63, 3.8) is 0 Å². The third kappa shape index (κ3) is 1.56. The van der Waals surface area contributed by atoms with Crippen molar-refractivity contribution in [1.82, 2.24) is 9.55 Å². The molecule has 5 nitrogen and oxygen atoms in total. The summed E-state index contributed by atoms with van der Waals surface area (Å²) in [6, 6.07) is -0.697. The van der Waals surface area contributed by atoms with Crippen LogP contribution in [0.25, 0.3) is 0 Å². The van der Waals surface area contributed by atoms with E-state index >= 15 is 0 Å². The molecule has 0 spiro atoms. The molecule has 3 N–H and O–H groups in total. The van der Waals surface area contributed by atoms with Crippen molar-refractivity contribution in [2.75, 3.05) is 6.54 Å². The van der Waals surface area contributed by atoms with Gasteiger partial charge >= 0.3 is 5.97 Å². The van der Waals surface area contributed by atoms with E-state index in [2.05, 4.69) is 4.98 Å². The molecule has 1 unspecified atom stereocenters. The summed E-state index contributed by atoms with van der Waals surface area (Å²) < 4.78 is 1.46. The number of hydrogen-bond donors (Lipinski definition) is 2. The van der Waals surface area contributed by atoms with E-state index in [9.17, 15) is 4.79 Å². The number of aliphatic carboxylic acids is 1. The summed E-state index contributed by atoms with van der Waals surface area (Å²) in [5.74, 6) is -0.939. The average Bonchev–Trinajstić information content (AvgIpc) is 2.40. The zero-order valence-corrected chi connectivity index (χ0v) is 5.84.